The number of aryl methyl sites for hydroxylation is 2. The molecule has 0 aliphatic rings. The summed E-state index contributed by atoms with van der Waals surface area (Å²) in [5, 5.41) is 0. The molecule has 0 N–H and O–H groups in total. The van der Waals surface area contributed by atoms with E-state index in [-0.39, 0.29) is 11.1 Å². The molecule has 0 heterocycles. The summed E-state index contributed by atoms with van der Waals surface area (Å²) >= 11 is 0. The maximum atomic E-state index is 13.4. The van der Waals surface area contributed by atoms with Crippen LogP contribution in [0.2, 0.25) is 0 Å². The number of benzene rings is 3. The van der Waals surface area contributed by atoms with Gasteiger partial charge in [-0.05, 0) is 62.4 Å². The minimum Gasteiger partial charge on any atom is -0.218 e. The summed E-state index contributed by atoms with van der Waals surface area (Å²) in [6.07, 6.45) is -9.95. The molecule has 0 radical (unpaired) electrons. The lowest BCUT2D eigenvalue weighted by molar-refractivity contribution is -0.140. The quantitative estimate of drug-likeness (QED) is 0.394. The second-order valence-electron chi connectivity index (χ2n) is 7.47. The van der Waals surface area contributed by atoms with Gasteiger partial charge in [-0.15, -0.1) is 0 Å². The molecule has 0 bridgehead atoms. The van der Waals surface area contributed by atoms with E-state index in [2.05, 4.69) is 0 Å². The zero-order chi connectivity index (χ0) is 25.7. The van der Waals surface area contributed by atoms with Crippen LogP contribution in [0, 0.1) is 13.8 Å². The lowest BCUT2D eigenvalue weighted by atomic mass is 10.1. The van der Waals surface area contributed by atoms with E-state index in [0.29, 0.717) is 12.1 Å². The molecule has 0 atom stereocenters. The third-order valence-corrected chi connectivity index (χ3v) is 8.56. The minimum absolute atomic E-state index is 0.172. The highest BCUT2D eigenvalue weighted by molar-refractivity contribution is 7.92. The molecule has 0 saturated heterocycles. The van der Waals surface area contributed by atoms with Crippen LogP contribution < -0.4 is 0 Å². The van der Waals surface area contributed by atoms with Gasteiger partial charge in [0.2, 0.25) is 19.7 Å². The van der Waals surface area contributed by atoms with Crippen LogP contribution in [0.5, 0.6) is 0 Å². The number of hydrogen-bond donors (Lipinski definition) is 0. The van der Waals surface area contributed by atoms with Gasteiger partial charge in [0.05, 0.1) is 30.7 Å². The van der Waals surface area contributed by atoms with Crippen LogP contribution in [0.3, 0.4) is 0 Å². The SMILES string of the molecule is Cc1ccc(S(=O)(=O)c2ccc(S(=O)(=O)c3ccc(C)cc3C(F)(F)F)cc2)c(C(F)(F)F)c1. The smallest absolute Gasteiger partial charge is 0.218 e. The number of rotatable bonds is 4. The molecule has 3 rings (SSSR count). The maximum Gasteiger partial charge on any atom is 0.417 e. The predicted octanol–water partition coefficient (Wildman–Crippen LogP) is 6.01. The third-order valence-electron chi connectivity index (χ3n) is 4.90. The molecule has 34 heavy (non-hydrogen) atoms. The fourth-order valence-corrected chi connectivity index (χ4v) is 6.17. The summed E-state index contributed by atoms with van der Waals surface area (Å²) in [7, 11) is -9.46. The van der Waals surface area contributed by atoms with Gasteiger partial charge in [-0.2, -0.15) is 26.3 Å². The molecule has 3 aromatic carbocycles. The molecule has 0 unspecified atom stereocenters. The molecular formula is C22H16F6O4S2. The summed E-state index contributed by atoms with van der Waals surface area (Å²) < 4.78 is 132. The number of halogens is 6. The van der Waals surface area contributed by atoms with Crippen LogP contribution in [-0.2, 0) is 32.0 Å². The normalized spacial score (nSPS) is 13.2. The lowest BCUT2D eigenvalue weighted by Gasteiger charge is -2.15. The highest BCUT2D eigenvalue weighted by Crippen LogP contribution is 2.39. The van der Waals surface area contributed by atoms with E-state index < -0.39 is 62.7 Å². The fourth-order valence-electron chi connectivity index (χ4n) is 3.25. The van der Waals surface area contributed by atoms with Crippen molar-refractivity contribution >= 4 is 19.7 Å². The Morgan fingerprint density at radius 1 is 0.529 bits per heavy atom. The molecule has 12 heteroatoms. The Bertz CT molecular complexity index is 1340. The van der Waals surface area contributed by atoms with E-state index >= 15 is 0 Å². The van der Waals surface area contributed by atoms with Gasteiger partial charge in [-0.25, -0.2) is 16.8 Å². The Morgan fingerprint density at radius 2 is 0.824 bits per heavy atom. The molecular weight excluding hydrogens is 506 g/mol. The summed E-state index contributed by atoms with van der Waals surface area (Å²) in [4.78, 5) is -3.36. The Hall–Kier alpha value is -2.86. The van der Waals surface area contributed by atoms with Gasteiger partial charge in [0.1, 0.15) is 0 Å². The Kier molecular flexibility index (Phi) is 6.38. The van der Waals surface area contributed by atoms with Crippen LogP contribution in [0.4, 0.5) is 26.3 Å². The van der Waals surface area contributed by atoms with E-state index in [9.17, 15) is 43.2 Å². The molecule has 0 fully saturated rings. The summed E-state index contributed by atoms with van der Waals surface area (Å²) in [5.41, 5.74) is -2.44. The number of sulfone groups is 2. The first-order valence-electron chi connectivity index (χ1n) is 9.41. The Labute approximate surface area is 191 Å². The largest absolute Gasteiger partial charge is 0.417 e. The van der Waals surface area contributed by atoms with Crippen molar-refractivity contribution in [2.24, 2.45) is 0 Å². The van der Waals surface area contributed by atoms with E-state index in [1.54, 1.807) is 0 Å². The van der Waals surface area contributed by atoms with Crippen molar-refractivity contribution < 1.29 is 43.2 Å². The van der Waals surface area contributed by atoms with Crippen molar-refractivity contribution in [2.45, 2.75) is 45.8 Å². The van der Waals surface area contributed by atoms with Gasteiger partial charge >= 0.3 is 12.4 Å². The molecule has 0 amide bonds. The first-order valence-corrected chi connectivity index (χ1v) is 12.4. The zero-order valence-corrected chi connectivity index (χ0v) is 19.1. The van der Waals surface area contributed by atoms with Gasteiger partial charge in [0, 0.05) is 0 Å². The average Bonchev–Trinajstić information content (AvgIpc) is 2.72. The summed E-state index contributed by atoms with van der Waals surface area (Å²) in [6, 6.07) is 8.23. The van der Waals surface area contributed by atoms with Gasteiger partial charge in [0.15, 0.2) is 0 Å². The first kappa shape index (κ1) is 25.8. The molecule has 0 aliphatic heterocycles. The lowest BCUT2D eigenvalue weighted by Crippen LogP contribution is -2.15. The van der Waals surface area contributed by atoms with E-state index in [1.165, 1.54) is 26.0 Å². The third kappa shape index (κ3) is 4.83. The molecule has 4 nitrogen and oxygen atoms in total. The van der Waals surface area contributed by atoms with Crippen LogP contribution in [0.1, 0.15) is 22.3 Å². The number of hydrogen-bond acceptors (Lipinski definition) is 4. The van der Waals surface area contributed by atoms with Crippen molar-refractivity contribution in [2.75, 3.05) is 0 Å². The molecule has 0 spiro atoms. The van der Waals surface area contributed by atoms with Gasteiger partial charge < -0.3 is 0 Å². The van der Waals surface area contributed by atoms with Crippen LogP contribution >= 0.6 is 0 Å². The van der Waals surface area contributed by atoms with Crippen molar-refractivity contribution in [1.29, 1.82) is 0 Å². The highest BCUT2D eigenvalue weighted by atomic mass is 32.2. The molecule has 0 saturated carbocycles. The van der Waals surface area contributed by atoms with Crippen molar-refractivity contribution in [3.63, 3.8) is 0 Å². The fraction of sp³-hybridized carbons (Fsp3) is 0.182. The highest BCUT2D eigenvalue weighted by Gasteiger charge is 2.39. The Balaban J connectivity index is 2.11. The minimum atomic E-state index is -4.98. The van der Waals surface area contributed by atoms with Crippen molar-refractivity contribution in [3.05, 3.63) is 82.9 Å². The summed E-state index contributed by atoms with van der Waals surface area (Å²) in [6.45, 7) is 2.71. The van der Waals surface area contributed by atoms with E-state index in [4.69, 9.17) is 0 Å². The number of alkyl halides is 6. The second kappa shape index (κ2) is 8.42. The van der Waals surface area contributed by atoms with Crippen molar-refractivity contribution in [3.8, 4) is 0 Å². The van der Waals surface area contributed by atoms with Crippen LogP contribution in [0.25, 0.3) is 0 Å². The molecule has 3 aromatic rings. The molecule has 0 aliphatic carbocycles. The topological polar surface area (TPSA) is 68.3 Å². The molecule has 182 valence electrons. The average molecular weight is 522 g/mol. The van der Waals surface area contributed by atoms with Crippen molar-refractivity contribution in [1.82, 2.24) is 0 Å². The zero-order valence-electron chi connectivity index (χ0n) is 17.5. The van der Waals surface area contributed by atoms with Gasteiger partial charge in [-0.1, -0.05) is 23.3 Å². The van der Waals surface area contributed by atoms with Gasteiger partial charge in [0.25, 0.3) is 0 Å². The second-order valence-corrected chi connectivity index (χ2v) is 11.3. The van der Waals surface area contributed by atoms with Crippen LogP contribution in [0.15, 0.2) is 80.2 Å². The van der Waals surface area contributed by atoms with E-state index in [1.807, 2.05) is 0 Å². The van der Waals surface area contributed by atoms with E-state index in [0.717, 1.165) is 36.4 Å². The monoisotopic (exact) mass is 522 g/mol. The first-order chi connectivity index (χ1) is 15.5. The Morgan fingerprint density at radius 3 is 1.09 bits per heavy atom. The van der Waals surface area contributed by atoms with Crippen LogP contribution in [-0.4, -0.2) is 16.8 Å². The summed E-state index contributed by atoms with van der Waals surface area (Å²) in [5.74, 6) is 0. The molecule has 0 aromatic heterocycles. The van der Waals surface area contributed by atoms with Gasteiger partial charge in [-0.3, -0.25) is 0 Å². The maximum absolute atomic E-state index is 13.4. The predicted molar refractivity (Wildman–Crippen MR) is 110 cm³/mol. The standard InChI is InChI=1S/C22H16F6O4S2/c1-13-3-9-19(17(11-13)21(23,24)25)33(29,30)15-5-7-16(8-6-15)34(31,32)20-10-4-14(2)12-18(20)22(26,27)28/h3-12H,1-2H3.